The van der Waals surface area contributed by atoms with Gasteiger partial charge in [0.1, 0.15) is 11.9 Å². The molecule has 6 heteroatoms. The highest BCUT2D eigenvalue weighted by molar-refractivity contribution is 5.93. The predicted molar refractivity (Wildman–Crippen MR) is 104 cm³/mol. The van der Waals surface area contributed by atoms with E-state index in [4.69, 9.17) is 9.47 Å². The first-order valence-electron chi connectivity index (χ1n) is 9.25. The first-order chi connectivity index (χ1) is 12.9. The second kappa shape index (κ2) is 9.92. The Balaban J connectivity index is 2.02. The van der Waals surface area contributed by atoms with Gasteiger partial charge in [0.05, 0.1) is 13.2 Å². The summed E-state index contributed by atoms with van der Waals surface area (Å²) in [5.41, 5.74) is 1.62. The molecule has 1 amide bonds. The quantitative estimate of drug-likeness (QED) is 0.707. The van der Waals surface area contributed by atoms with Crippen LogP contribution in [0, 0.1) is 5.82 Å². The summed E-state index contributed by atoms with van der Waals surface area (Å²) in [6.07, 6.45) is 0. The molecule has 0 bridgehead atoms. The molecule has 0 heterocycles. The van der Waals surface area contributed by atoms with Gasteiger partial charge in [-0.2, -0.15) is 0 Å². The predicted octanol–water partition coefficient (Wildman–Crippen LogP) is 3.27. The van der Waals surface area contributed by atoms with Crippen molar-refractivity contribution >= 4 is 11.6 Å². The van der Waals surface area contributed by atoms with E-state index in [0.29, 0.717) is 24.7 Å². The highest BCUT2D eigenvalue weighted by Crippen LogP contribution is 2.30. The summed E-state index contributed by atoms with van der Waals surface area (Å²) in [4.78, 5) is 12.4. The number of halogens is 1. The van der Waals surface area contributed by atoms with Crippen molar-refractivity contribution in [3.05, 3.63) is 53.8 Å². The summed E-state index contributed by atoms with van der Waals surface area (Å²) < 4.78 is 24.2. The highest BCUT2D eigenvalue weighted by atomic mass is 19.1. The Bertz CT molecular complexity index is 750. The molecule has 0 radical (unpaired) electrons. The second-order valence-electron chi connectivity index (χ2n) is 6.34. The van der Waals surface area contributed by atoms with Crippen LogP contribution in [0.15, 0.2) is 42.5 Å². The minimum Gasteiger partial charge on any atom is -0.490 e. The molecule has 2 atom stereocenters. The number of hydrogen-bond donors (Lipinski definition) is 2. The molecule has 2 aromatic carbocycles. The van der Waals surface area contributed by atoms with Crippen LogP contribution in [0.4, 0.5) is 10.1 Å². The third-order valence-corrected chi connectivity index (χ3v) is 4.20. The molecule has 0 aliphatic rings. The van der Waals surface area contributed by atoms with Crippen molar-refractivity contribution in [2.45, 2.75) is 39.8 Å². The van der Waals surface area contributed by atoms with Gasteiger partial charge in [-0.1, -0.05) is 0 Å². The van der Waals surface area contributed by atoms with Crippen LogP contribution in [-0.4, -0.2) is 25.2 Å². The monoisotopic (exact) mass is 375 g/mol. The van der Waals surface area contributed by atoms with Crippen LogP contribution < -0.4 is 20.1 Å². The van der Waals surface area contributed by atoms with Crippen LogP contribution in [-0.2, 0) is 4.79 Å². The van der Waals surface area contributed by atoms with E-state index < -0.39 is 0 Å². The summed E-state index contributed by atoms with van der Waals surface area (Å²) in [7, 11) is 0. The molecule has 2 rings (SSSR count). The molecule has 3 N–H and O–H groups in total. The standard InChI is InChI=1S/C21H27FN2O3/c1-5-26-19-12-7-16(13-20(19)27-6-2)14(3)23-15(4)21(25)24-18-10-8-17(22)9-11-18/h7-15,23H,5-6H2,1-4H3,(H,24,25)/p+1/t14-,15+/m1/s1. The first kappa shape index (κ1) is 20.7. The number of quaternary nitrogens is 1. The summed E-state index contributed by atoms with van der Waals surface area (Å²) >= 11 is 0. The molecule has 0 saturated heterocycles. The van der Waals surface area contributed by atoms with Crippen LogP contribution >= 0.6 is 0 Å². The molecule has 0 spiro atoms. The van der Waals surface area contributed by atoms with Crippen molar-refractivity contribution in [2.24, 2.45) is 0 Å². The van der Waals surface area contributed by atoms with Crippen molar-refractivity contribution in [2.75, 3.05) is 18.5 Å². The fourth-order valence-corrected chi connectivity index (χ4v) is 2.77. The van der Waals surface area contributed by atoms with E-state index in [1.54, 1.807) is 12.1 Å². The van der Waals surface area contributed by atoms with Crippen molar-refractivity contribution in [3.8, 4) is 11.5 Å². The van der Waals surface area contributed by atoms with Gasteiger partial charge in [0.25, 0.3) is 5.91 Å². The largest absolute Gasteiger partial charge is 0.490 e. The molecule has 0 aliphatic carbocycles. The molecule has 0 aliphatic heterocycles. The van der Waals surface area contributed by atoms with Crippen molar-refractivity contribution in [1.29, 1.82) is 0 Å². The maximum absolute atomic E-state index is 13.0. The van der Waals surface area contributed by atoms with Crippen molar-refractivity contribution in [3.63, 3.8) is 0 Å². The zero-order chi connectivity index (χ0) is 19.8. The molecule has 5 nitrogen and oxygen atoms in total. The molecule has 0 aromatic heterocycles. The van der Waals surface area contributed by atoms with E-state index in [0.717, 1.165) is 11.3 Å². The van der Waals surface area contributed by atoms with E-state index in [1.807, 2.05) is 51.2 Å². The van der Waals surface area contributed by atoms with E-state index in [-0.39, 0.29) is 23.8 Å². The van der Waals surface area contributed by atoms with Gasteiger partial charge in [0, 0.05) is 11.3 Å². The van der Waals surface area contributed by atoms with Gasteiger partial charge in [-0.25, -0.2) is 4.39 Å². The number of benzene rings is 2. The number of hydrogen-bond acceptors (Lipinski definition) is 3. The number of carbonyl (C=O) groups excluding carboxylic acids is 1. The topological polar surface area (TPSA) is 64.2 Å². The average Bonchev–Trinajstić information content (AvgIpc) is 2.65. The Kier molecular flexibility index (Phi) is 7.61. The number of amides is 1. The lowest BCUT2D eigenvalue weighted by molar-refractivity contribution is -0.709. The summed E-state index contributed by atoms with van der Waals surface area (Å²) in [5, 5.41) is 4.78. The zero-order valence-electron chi connectivity index (χ0n) is 16.3. The summed E-state index contributed by atoms with van der Waals surface area (Å²) in [6.45, 7) is 8.86. The number of anilines is 1. The number of ether oxygens (including phenoxy) is 2. The van der Waals surface area contributed by atoms with Crippen LogP contribution in [0.1, 0.15) is 39.3 Å². The fourth-order valence-electron chi connectivity index (χ4n) is 2.77. The van der Waals surface area contributed by atoms with Crippen molar-refractivity contribution in [1.82, 2.24) is 0 Å². The minimum atomic E-state index is -0.332. The lowest BCUT2D eigenvalue weighted by Gasteiger charge is -2.18. The van der Waals surface area contributed by atoms with Crippen LogP contribution in [0.3, 0.4) is 0 Å². The van der Waals surface area contributed by atoms with Crippen LogP contribution in [0.25, 0.3) is 0 Å². The molecular weight excluding hydrogens is 347 g/mol. The van der Waals surface area contributed by atoms with Gasteiger partial charge in [-0.15, -0.1) is 0 Å². The summed E-state index contributed by atoms with van der Waals surface area (Å²) in [6, 6.07) is 11.3. The molecule has 0 unspecified atom stereocenters. The maximum Gasteiger partial charge on any atom is 0.282 e. The normalized spacial score (nSPS) is 12.9. The Morgan fingerprint density at radius 1 is 1.04 bits per heavy atom. The third kappa shape index (κ3) is 5.96. The van der Waals surface area contributed by atoms with Gasteiger partial charge in [-0.3, -0.25) is 4.79 Å². The molecule has 0 saturated carbocycles. The zero-order valence-corrected chi connectivity index (χ0v) is 16.3. The Labute approximate surface area is 159 Å². The molecule has 0 fully saturated rings. The number of nitrogens with two attached hydrogens (primary N) is 1. The van der Waals surface area contributed by atoms with Gasteiger partial charge in [0.15, 0.2) is 17.5 Å². The maximum atomic E-state index is 13.0. The Morgan fingerprint density at radius 3 is 2.30 bits per heavy atom. The third-order valence-electron chi connectivity index (χ3n) is 4.20. The minimum absolute atomic E-state index is 0.0499. The Hall–Kier alpha value is -2.60. The number of carbonyl (C=O) groups is 1. The number of nitrogens with one attached hydrogen (secondary N) is 1. The van der Waals surface area contributed by atoms with E-state index in [2.05, 4.69) is 5.32 Å². The van der Waals surface area contributed by atoms with Gasteiger partial charge in [-0.05, 0) is 70.2 Å². The Morgan fingerprint density at radius 2 is 1.67 bits per heavy atom. The van der Waals surface area contributed by atoms with Crippen LogP contribution in [0.2, 0.25) is 0 Å². The number of rotatable bonds is 9. The van der Waals surface area contributed by atoms with E-state index in [9.17, 15) is 9.18 Å². The van der Waals surface area contributed by atoms with Crippen molar-refractivity contribution < 1.29 is 24.0 Å². The van der Waals surface area contributed by atoms with E-state index >= 15 is 0 Å². The van der Waals surface area contributed by atoms with Gasteiger partial charge in [0.2, 0.25) is 0 Å². The first-order valence-corrected chi connectivity index (χ1v) is 9.25. The SMILES string of the molecule is CCOc1ccc([C@@H](C)[NH2+][C@@H](C)C(=O)Nc2ccc(F)cc2)cc1OCC. The van der Waals surface area contributed by atoms with Crippen LogP contribution in [0.5, 0.6) is 11.5 Å². The van der Waals surface area contributed by atoms with Gasteiger partial charge >= 0.3 is 0 Å². The average molecular weight is 375 g/mol. The smallest absolute Gasteiger partial charge is 0.282 e. The van der Waals surface area contributed by atoms with Gasteiger partial charge < -0.3 is 20.1 Å². The molecule has 27 heavy (non-hydrogen) atoms. The molecule has 146 valence electrons. The highest BCUT2D eigenvalue weighted by Gasteiger charge is 2.21. The lowest BCUT2D eigenvalue weighted by atomic mass is 10.1. The summed E-state index contributed by atoms with van der Waals surface area (Å²) in [5.74, 6) is 0.962. The van der Waals surface area contributed by atoms with E-state index in [1.165, 1.54) is 12.1 Å². The second-order valence-corrected chi connectivity index (χ2v) is 6.34. The molecule has 2 aromatic rings. The fraction of sp³-hybridized carbons (Fsp3) is 0.381. The molecular formula is C21H28FN2O3+. The lowest BCUT2D eigenvalue weighted by Crippen LogP contribution is -2.91.